The molecule has 2 heterocycles. The summed E-state index contributed by atoms with van der Waals surface area (Å²) >= 11 is 0. The first-order valence-corrected chi connectivity index (χ1v) is 8.65. The second-order valence-corrected chi connectivity index (χ2v) is 6.54. The molecule has 124 valence electrons. The number of rotatable bonds is 2. The molecule has 2 aromatic carbocycles. The molecule has 0 unspecified atom stereocenters. The van der Waals surface area contributed by atoms with Crippen molar-refractivity contribution in [1.82, 2.24) is 9.97 Å². The molecule has 2 N–H and O–H groups in total. The van der Waals surface area contributed by atoms with Gasteiger partial charge in [0.1, 0.15) is 0 Å². The van der Waals surface area contributed by atoms with Crippen LogP contribution in [0.2, 0.25) is 0 Å². The lowest BCUT2D eigenvalue weighted by molar-refractivity contribution is 0.765. The van der Waals surface area contributed by atoms with Crippen LogP contribution in [0.25, 0.3) is 11.4 Å². The van der Waals surface area contributed by atoms with Gasteiger partial charge < -0.3 is 5.73 Å². The molecule has 4 aromatic rings. The number of fused-ring (bicyclic) bond motifs is 3. The van der Waals surface area contributed by atoms with Crippen molar-refractivity contribution in [2.75, 3.05) is 5.73 Å². The van der Waals surface area contributed by atoms with Crippen molar-refractivity contribution in [2.24, 2.45) is 0 Å². The van der Waals surface area contributed by atoms with Gasteiger partial charge in [-0.2, -0.15) is 0 Å². The molecule has 1 aliphatic rings. The Labute approximate surface area is 152 Å². The fourth-order valence-electron chi connectivity index (χ4n) is 4.15. The van der Waals surface area contributed by atoms with Crippen molar-refractivity contribution in [1.29, 1.82) is 0 Å². The molecule has 0 aliphatic heterocycles. The summed E-state index contributed by atoms with van der Waals surface area (Å²) in [6.45, 7) is 0. The summed E-state index contributed by atoms with van der Waals surface area (Å²) in [6.07, 6.45) is 3.67. The van der Waals surface area contributed by atoms with E-state index in [4.69, 9.17) is 5.73 Å². The molecule has 3 heteroatoms. The lowest BCUT2D eigenvalue weighted by atomic mass is 9.68. The molecule has 0 amide bonds. The van der Waals surface area contributed by atoms with Crippen LogP contribution in [0, 0.1) is 0 Å². The van der Waals surface area contributed by atoms with Crippen LogP contribution in [0.4, 0.5) is 5.69 Å². The molecule has 0 bridgehead atoms. The molecule has 1 aliphatic carbocycles. The summed E-state index contributed by atoms with van der Waals surface area (Å²) < 4.78 is 0. The lowest BCUT2D eigenvalue weighted by Gasteiger charge is -2.33. The maximum Gasteiger partial charge on any atom is 0.0937 e. The number of nitrogens with zero attached hydrogens (tertiary/aromatic N) is 2. The Bertz CT molecular complexity index is 1040. The van der Waals surface area contributed by atoms with Gasteiger partial charge in [0, 0.05) is 18.1 Å². The van der Waals surface area contributed by atoms with E-state index >= 15 is 0 Å². The van der Waals surface area contributed by atoms with Crippen LogP contribution in [0.1, 0.15) is 22.3 Å². The first-order chi connectivity index (χ1) is 12.8. The second kappa shape index (κ2) is 5.53. The second-order valence-electron chi connectivity index (χ2n) is 6.54. The summed E-state index contributed by atoms with van der Waals surface area (Å²) in [4.78, 5) is 9.35. The molecule has 0 fully saturated rings. The SMILES string of the molecule is Nc1ccc(C2(c3ccccc3)c3cccnc3-c3ncccc32)cc1. The van der Waals surface area contributed by atoms with Gasteiger partial charge >= 0.3 is 0 Å². The first-order valence-electron chi connectivity index (χ1n) is 8.65. The van der Waals surface area contributed by atoms with Gasteiger partial charge in [0.25, 0.3) is 0 Å². The molecule has 5 rings (SSSR count). The standard InChI is InChI=1S/C23H17N3/c24-18-12-10-17(11-13-18)23(16-6-2-1-3-7-16)19-8-4-14-25-21(19)22-20(23)9-5-15-26-22/h1-15H,24H2. The number of benzene rings is 2. The molecule has 3 nitrogen and oxygen atoms in total. The third-order valence-electron chi connectivity index (χ3n) is 5.20. The Kier molecular flexibility index (Phi) is 3.16. The van der Waals surface area contributed by atoms with Crippen LogP contribution in [-0.4, -0.2) is 9.97 Å². The maximum absolute atomic E-state index is 5.97. The molecule has 2 aromatic heterocycles. The molecule has 0 atom stereocenters. The van der Waals surface area contributed by atoms with Crippen LogP contribution >= 0.6 is 0 Å². The summed E-state index contributed by atoms with van der Waals surface area (Å²) in [5.41, 5.74) is 12.9. The highest BCUT2D eigenvalue weighted by Crippen LogP contribution is 2.54. The topological polar surface area (TPSA) is 51.8 Å². The van der Waals surface area contributed by atoms with Crippen LogP contribution in [-0.2, 0) is 5.41 Å². The zero-order valence-corrected chi connectivity index (χ0v) is 14.1. The summed E-state index contributed by atoms with van der Waals surface area (Å²) in [5.74, 6) is 0. The minimum absolute atomic E-state index is 0.442. The molecule has 0 spiro atoms. The van der Waals surface area contributed by atoms with Crippen molar-refractivity contribution >= 4 is 5.69 Å². The van der Waals surface area contributed by atoms with Gasteiger partial charge in [0.05, 0.1) is 16.8 Å². The summed E-state index contributed by atoms with van der Waals surface area (Å²) in [6, 6.07) is 27.0. The van der Waals surface area contributed by atoms with Gasteiger partial charge in [-0.1, -0.05) is 54.6 Å². The van der Waals surface area contributed by atoms with E-state index in [1.807, 2.05) is 42.7 Å². The number of nitrogen functional groups attached to an aromatic ring is 1. The highest BCUT2D eigenvalue weighted by Gasteiger charge is 2.47. The third-order valence-corrected chi connectivity index (χ3v) is 5.20. The summed E-state index contributed by atoms with van der Waals surface area (Å²) in [7, 11) is 0. The van der Waals surface area contributed by atoms with E-state index in [9.17, 15) is 0 Å². The van der Waals surface area contributed by atoms with Gasteiger partial charge in [-0.15, -0.1) is 0 Å². The van der Waals surface area contributed by atoms with Gasteiger partial charge in [-0.3, -0.25) is 9.97 Å². The summed E-state index contributed by atoms with van der Waals surface area (Å²) in [5, 5.41) is 0. The number of anilines is 1. The largest absolute Gasteiger partial charge is 0.399 e. The van der Waals surface area contributed by atoms with Gasteiger partial charge in [-0.25, -0.2) is 0 Å². The number of hydrogen-bond acceptors (Lipinski definition) is 3. The van der Waals surface area contributed by atoms with Crippen molar-refractivity contribution in [3.8, 4) is 11.4 Å². The Morgan fingerprint density at radius 2 is 1.12 bits per heavy atom. The third kappa shape index (κ3) is 1.88. The quantitative estimate of drug-likeness (QED) is 0.486. The fourth-order valence-corrected chi connectivity index (χ4v) is 4.15. The lowest BCUT2D eigenvalue weighted by Crippen LogP contribution is -2.28. The number of aromatic nitrogens is 2. The smallest absolute Gasteiger partial charge is 0.0937 e. The van der Waals surface area contributed by atoms with Crippen molar-refractivity contribution in [3.05, 3.63) is 114 Å². The average molecular weight is 335 g/mol. The number of hydrogen-bond donors (Lipinski definition) is 1. The Hall–Kier alpha value is -3.46. The monoisotopic (exact) mass is 335 g/mol. The minimum atomic E-state index is -0.442. The van der Waals surface area contributed by atoms with E-state index in [0.717, 1.165) is 28.2 Å². The van der Waals surface area contributed by atoms with E-state index in [2.05, 4.69) is 58.5 Å². The predicted molar refractivity (Wildman–Crippen MR) is 104 cm³/mol. The molecule has 0 saturated carbocycles. The van der Waals surface area contributed by atoms with Crippen molar-refractivity contribution < 1.29 is 0 Å². The first kappa shape index (κ1) is 14.8. The normalized spacial score (nSPS) is 13.8. The number of pyridine rings is 2. The van der Waals surface area contributed by atoms with Crippen molar-refractivity contribution in [3.63, 3.8) is 0 Å². The number of nitrogens with two attached hydrogens (primary N) is 1. The van der Waals surface area contributed by atoms with E-state index in [1.54, 1.807) is 0 Å². The van der Waals surface area contributed by atoms with Gasteiger partial charge in [0.15, 0.2) is 0 Å². The van der Waals surface area contributed by atoms with Gasteiger partial charge in [0.2, 0.25) is 0 Å². The van der Waals surface area contributed by atoms with E-state index in [-0.39, 0.29) is 0 Å². The van der Waals surface area contributed by atoms with E-state index in [0.29, 0.717) is 0 Å². The Morgan fingerprint density at radius 3 is 1.69 bits per heavy atom. The van der Waals surface area contributed by atoms with Crippen LogP contribution in [0.5, 0.6) is 0 Å². The van der Waals surface area contributed by atoms with Gasteiger partial charge in [-0.05, 0) is 46.5 Å². The maximum atomic E-state index is 5.97. The zero-order chi connectivity index (χ0) is 17.6. The molecule has 0 saturated heterocycles. The molecule has 26 heavy (non-hydrogen) atoms. The van der Waals surface area contributed by atoms with E-state index in [1.165, 1.54) is 11.1 Å². The Balaban J connectivity index is 1.96. The molecule has 0 radical (unpaired) electrons. The fraction of sp³-hybridized carbons (Fsp3) is 0.0435. The van der Waals surface area contributed by atoms with Crippen LogP contribution in [0.15, 0.2) is 91.3 Å². The van der Waals surface area contributed by atoms with Crippen LogP contribution in [0.3, 0.4) is 0 Å². The van der Waals surface area contributed by atoms with E-state index < -0.39 is 5.41 Å². The predicted octanol–water partition coefficient (Wildman–Crippen LogP) is 4.42. The zero-order valence-electron chi connectivity index (χ0n) is 14.1. The average Bonchev–Trinajstić information content (AvgIpc) is 3.01. The van der Waals surface area contributed by atoms with Crippen molar-refractivity contribution in [2.45, 2.75) is 5.41 Å². The highest BCUT2D eigenvalue weighted by molar-refractivity contribution is 5.81. The minimum Gasteiger partial charge on any atom is -0.399 e. The van der Waals surface area contributed by atoms with Crippen LogP contribution < -0.4 is 5.73 Å². The highest BCUT2D eigenvalue weighted by atomic mass is 14.8. The Morgan fingerprint density at radius 1 is 0.577 bits per heavy atom. The molecular formula is C23H17N3. The molecular weight excluding hydrogens is 318 g/mol.